The number of hydrogen-bond acceptors (Lipinski definition) is 4. The molecule has 0 radical (unpaired) electrons. The third-order valence-electron chi connectivity index (χ3n) is 4.68. The van der Waals surface area contributed by atoms with Gasteiger partial charge in [-0.1, -0.05) is 31.0 Å². The number of ether oxygens (including phenoxy) is 1. The van der Waals surface area contributed by atoms with E-state index in [4.69, 9.17) is 16.3 Å². The monoisotopic (exact) mass is 391 g/mol. The summed E-state index contributed by atoms with van der Waals surface area (Å²) in [6.07, 6.45) is 3.12. The SMILES string of the molecule is CCCCOC(=O)N1CCc2ccc(Cl)cc2C1c1cc(C=O)sc1C. The number of aldehydes is 1. The zero-order valence-corrected chi connectivity index (χ0v) is 16.5. The van der Waals surface area contributed by atoms with E-state index in [9.17, 15) is 9.59 Å². The van der Waals surface area contributed by atoms with E-state index in [2.05, 4.69) is 6.92 Å². The number of unbranched alkanes of at least 4 members (excludes halogenated alkanes) is 1. The maximum absolute atomic E-state index is 12.7. The van der Waals surface area contributed by atoms with E-state index in [-0.39, 0.29) is 12.1 Å². The van der Waals surface area contributed by atoms with Gasteiger partial charge in [-0.05, 0) is 54.7 Å². The normalized spacial score (nSPS) is 16.3. The minimum Gasteiger partial charge on any atom is -0.449 e. The molecule has 0 fully saturated rings. The number of nitrogens with zero attached hydrogens (tertiary/aromatic N) is 1. The van der Waals surface area contributed by atoms with Crippen LogP contribution in [0.1, 0.15) is 57.0 Å². The van der Waals surface area contributed by atoms with Crippen molar-refractivity contribution >= 4 is 35.3 Å². The van der Waals surface area contributed by atoms with Gasteiger partial charge in [0.25, 0.3) is 0 Å². The molecule has 1 amide bonds. The zero-order valence-electron chi connectivity index (χ0n) is 15.0. The summed E-state index contributed by atoms with van der Waals surface area (Å²) in [6.45, 7) is 5.04. The minimum absolute atomic E-state index is 0.281. The van der Waals surface area contributed by atoms with Crippen molar-refractivity contribution in [2.24, 2.45) is 0 Å². The summed E-state index contributed by atoms with van der Waals surface area (Å²) < 4.78 is 5.48. The standard InChI is InChI=1S/C20H22ClNO3S/c1-3-4-9-25-20(24)22-8-7-14-5-6-15(21)10-18(14)19(22)17-11-16(12-23)26-13(17)2/h5-6,10-12,19H,3-4,7-9H2,1-2H3. The van der Waals surface area contributed by atoms with E-state index in [1.165, 1.54) is 16.9 Å². The fraction of sp³-hybridized carbons (Fsp3) is 0.400. The molecule has 0 bridgehead atoms. The fourth-order valence-electron chi connectivity index (χ4n) is 3.35. The summed E-state index contributed by atoms with van der Waals surface area (Å²) >= 11 is 7.69. The second kappa shape index (κ2) is 8.23. The van der Waals surface area contributed by atoms with Crippen LogP contribution in [0.5, 0.6) is 0 Å². The molecule has 1 aliphatic heterocycles. The van der Waals surface area contributed by atoms with Crippen molar-refractivity contribution in [3.8, 4) is 0 Å². The van der Waals surface area contributed by atoms with Crippen LogP contribution in [0, 0.1) is 6.92 Å². The summed E-state index contributed by atoms with van der Waals surface area (Å²) in [5.74, 6) is 0. The molecule has 1 unspecified atom stereocenters. The Balaban J connectivity index is 2.02. The Morgan fingerprint density at radius 3 is 2.88 bits per heavy atom. The number of hydrogen-bond donors (Lipinski definition) is 0. The molecular formula is C20H22ClNO3S. The number of benzene rings is 1. The van der Waals surface area contributed by atoms with Crippen molar-refractivity contribution in [1.29, 1.82) is 0 Å². The Labute approximate surface area is 162 Å². The quantitative estimate of drug-likeness (QED) is 0.506. The van der Waals surface area contributed by atoms with Gasteiger partial charge >= 0.3 is 6.09 Å². The van der Waals surface area contributed by atoms with E-state index >= 15 is 0 Å². The van der Waals surface area contributed by atoms with Crippen LogP contribution in [0.4, 0.5) is 4.79 Å². The Hall–Kier alpha value is -1.85. The van der Waals surface area contributed by atoms with E-state index in [1.54, 1.807) is 4.90 Å². The van der Waals surface area contributed by atoms with Crippen LogP contribution in [0.25, 0.3) is 0 Å². The van der Waals surface area contributed by atoms with Gasteiger partial charge in [0, 0.05) is 16.4 Å². The number of thiophene rings is 1. The van der Waals surface area contributed by atoms with Gasteiger partial charge in [-0.3, -0.25) is 9.69 Å². The van der Waals surface area contributed by atoms with Gasteiger partial charge in [0.2, 0.25) is 0 Å². The lowest BCUT2D eigenvalue weighted by Gasteiger charge is -2.37. The van der Waals surface area contributed by atoms with Crippen LogP contribution in [0.15, 0.2) is 24.3 Å². The van der Waals surface area contributed by atoms with Crippen LogP contribution in [0.3, 0.4) is 0 Å². The maximum atomic E-state index is 12.7. The molecule has 1 aromatic carbocycles. The molecule has 138 valence electrons. The molecule has 3 rings (SSSR count). The summed E-state index contributed by atoms with van der Waals surface area (Å²) in [5, 5.41) is 0.637. The molecule has 1 atom stereocenters. The molecule has 0 saturated heterocycles. The zero-order chi connectivity index (χ0) is 18.7. The largest absolute Gasteiger partial charge is 0.449 e. The first-order valence-electron chi connectivity index (χ1n) is 8.82. The number of amides is 1. The Kier molecular flexibility index (Phi) is 5.99. The molecular weight excluding hydrogens is 370 g/mol. The van der Waals surface area contributed by atoms with Gasteiger partial charge in [-0.2, -0.15) is 0 Å². The van der Waals surface area contributed by atoms with Gasteiger partial charge in [0.05, 0.1) is 17.5 Å². The van der Waals surface area contributed by atoms with E-state index < -0.39 is 0 Å². The lowest BCUT2D eigenvalue weighted by atomic mass is 9.88. The molecule has 0 aliphatic carbocycles. The summed E-state index contributed by atoms with van der Waals surface area (Å²) in [4.78, 5) is 27.4. The predicted octanol–water partition coefficient (Wildman–Crippen LogP) is 5.41. The predicted molar refractivity (Wildman–Crippen MR) is 104 cm³/mol. The molecule has 4 nitrogen and oxygen atoms in total. The first-order chi connectivity index (χ1) is 12.5. The van der Waals surface area contributed by atoms with Crippen molar-refractivity contribution in [1.82, 2.24) is 4.90 Å². The minimum atomic E-state index is -0.313. The molecule has 1 aliphatic rings. The van der Waals surface area contributed by atoms with E-state index in [0.29, 0.717) is 23.1 Å². The second-order valence-corrected chi connectivity index (χ2v) is 8.16. The van der Waals surface area contributed by atoms with Gasteiger partial charge in [-0.15, -0.1) is 11.3 Å². The number of halogens is 1. The molecule has 2 aromatic rings. The highest BCUT2D eigenvalue weighted by Gasteiger charge is 2.34. The molecule has 0 saturated carbocycles. The average Bonchev–Trinajstić information content (AvgIpc) is 3.01. The molecule has 26 heavy (non-hydrogen) atoms. The van der Waals surface area contributed by atoms with E-state index in [1.807, 2.05) is 31.2 Å². The highest BCUT2D eigenvalue weighted by Crippen LogP contribution is 2.40. The number of carbonyl (C=O) groups is 2. The highest BCUT2D eigenvalue weighted by atomic mass is 35.5. The second-order valence-electron chi connectivity index (χ2n) is 6.44. The Morgan fingerprint density at radius 1 is 1.38 bits per heavy atom. The lowest BCUT2D eigenvalue weighted by molar-refractivity contribution is 0.0883. The third-order valence-corrected chi connectivity index (χ3v) is 5.91. The van der Waals surface area contributed by atoms with Crippen LogP contribution >= 0.6 is 22.9 Å². The number of aryl methyl sites for hydroxylation is 1. The molecule has 0 spiro atoms. The van der Waals surface area contributed by atoms with Crippen molar-refractivity contribution in [2.75, 3.05) is 13.2 Å². The first-order valence-corrected chi connectivity index (χ1v) is 10.0. The lowest BCUT2D eigenvalue weighted by Crippen LogP contribution is -2.41. The van der Waals surface area contributed by atoms with Gasteiger partial charge in [0.1, 0.15) is 0 Å². The topological polar surface area (TPSA) is 46.6 Å². The van der Waals surface area contributed by atoms with Crippen molar-refractivity contribution in [2.45, 2.75) is 39.2 Å². The smallest absolute Gasteiger partial charge is 0.410 e. The van der Waals surface area contributed by atoms with Crippen LogP contribution in [0.2, 0.25) is 5.02 Å². The first kappa shape index (κ1) is 18.9. The van der Waals surface area contributed by atoms with Crippen molar-refractivity contribution < 1.29 is 14.3 Å². The van der Waals surface area contributed by atoms with E-state index in [0.717, 1.165) is 41.6 Å². The molecule has 1 aromatic heterocycles. The van der Waals surface area contributed by atoms with Gasteiger partial charge < -0.3 is 4.74 Å². The highest BCUT2D eigenvalue weighted by molar-refractivity contribution is 7.13. The fourth-order valence-corrected chi connectivity index (χ4v) is 4.41. The summed E-state index contributed by atoms with van der Waals surface area (Å²) in [5.41, 5.74) is 3.15. The van der Waals surface area contributed by atoms with Crippen molar-refractivity contribution in [3.63, 3.8) is 0 Å². The Bertz CT molecular complexity index is 817. The maximum Gasteiger partial charge on any atom is 0.410 e. The van der Waals surface area contributed by atoms with Crippen LogP contribution in [-0.4, -0.2) is 30.4 Å². The van der Waals surface area contributed by atoms with Gasteiger partial charge in [0.15, 0.2) is 6.29 Å². The number of carbonyl (C=O) groups excluding carboxylic acids is 2. The van der Waals surface area contributed by atoms with Gasteiger partial charge in [-0.25, -0.2) is 4.79 Å². The summed E-state index contributed by atoms with van der Waals surface area (Å²) in [6, 6.07) is 7.41. The summed E-state index contributed by atoms with van der Waals surface area (Å²) in [7, 11) is 0. The van der Waals surface area contributed by atoms with Crippen LogP contribution < -0.4 is 0 Å². The van der Waals surface area contributed by atoms with Crippen molar-refractivity contribution in [3.05, 3.63) is 55.7 Å². The van der Waals surface area contributed by atoms with Crippen LogP contribution in [-0.2, 0) is 11.2 Å². The molecule has 6 heteroatoms. The Morgan fingerprint density at radius 2 is 2.19 bits per heavy atom. The molecule has 0 N–H and O–H groups in total. The average molecular weight is 392 g/mol. The number of fused-ring (bicyclic) bond motifs is 1. The molecule has 2 heterocycles. The third kappa shape index (κ3) is 3.79. The number of rotatable bonds is 5.